The van der Waals surface area contributed by atoms with Crippen LogP contribution in [0, 0.1) is 5.41 Å². The van der Waals surface area contributed by atoms with E-state index in [0.717, 1.165) is 19.6 Å². The minimum absolute atomic E-state index is 0.464. The molecule has 1 aromatic rings. The van der Waals surface area contributed by atoms with E-state index in [2.05, 4.69) is 40.3 Å². The molecule has 2 nitrogen and oxygen atoms in total. The normalized spacial score (nSPS) is 27.9. The Morgan fingerprint density at radius 3 is 2.85 bits per heavy atom. The first kappa shape index (κ1) is 15.0. The van der Waals surface area contributed by atoms with E-state index >= 15 is 0 Å². The van der Waals surface area contributed by atoms with Crippen LogP contribution in [0.1, 0.15) is 43.9 Å². The average Bonchev–Trinajstić information content (AvgIpc) is 3.07. The molecule has 1 aromatic heterocycles. The fraction of sp³-hybridized carbons (Fsp3) is 0.750. The maximum Gasteiger partial charge on any atom is 0.0701 e. The van der Waals surface area contributed by atoms with E-state index in [1.165, 1.54) is 40.8 Å². The summed E-state index contributed by atoms with van der Waals surface area (Å²) in [6, 6.07) is 5.06. The van der Waals surface area contributed by atoms with Gasteiger partial charge in [0.25, 0.3) is 0 Å². The molecule has 2 aliphatic rings. The summed E-state index contributed by atoms with van der Waals surface area (Å²) >= 11 is 5.38. The highest BCUT2D eigenvalue weighted by Gasteiger charge is 2.56. The van der Waals surface area contributed by atoms with Crippen molar-refractivity contribution in [3.8, 4) is 0 Å². The van der Waals surface area contributed by atoms with Gasteiger partial charge >= 0.3 is 0 Å². The van der Waals surface area contributed by atoms with Crippen molar-refractivity contribution in [3.05, 3.63) is 20.8 Å². The third-order valence-corrected chi connectivity index (χ3v) is 6.76. The van der Waals surface area contributed by atoms with Gasteiger partial charge in [-0.1, -0.05) is 12.8 Å². The van der Waals surface area contributed by atoms with Gasteiger partial charge in [-0.2, -0.15) is 0 Å². The van der Waals surface area contributed by atoms with E-state index in [0.29, 0.717) is 17.6 Å². The van der Waals surface area contributed by atoms with Crippen LogP contribution >= 0.6 is 27.3 Å². The number of nitrogens with one attached hydrogen (secondary N) is 1. The number of hydrogen-bond acceptors (Lipinski definition) is 3. The third-order valence-electron chi connectivity index (χ3n) is 5.08. The molecular weight excluding hydrogens is 334 g/mol. The van der Waals surface area contributed by atoms with Crippen LogP contribution < -0.4 is 5.32 Å². The van der Waals surface area contributed by atoms with E-state index in [1.54, 1.807) is 0 Å². The molecule has 1 heterocycles. The first-order valence-electron chi connectivity index (χ1n) is 7.84. The van der Waals surface area contributed by atoms with Gasteiger partial charge < -0.3 is 10.1 Å². The van der Waals surface area contributed by atoms with Crippen molar-refractivity contribution in [3.63, 3.8) is 0 Å². The minimum atomic E-state index is 0.464. The smallest absolute Gasteiger partial charge is 0.0701 e. The van der Waals surface area contributed by atoms with Crippen molar-refractivity contribution in [1.82, 2.24) is 5.32 Å². The van der Waals surface area contributed by atoms with Gasteiger partial charge in [-0.15, -0.1) is 11.3 Å². The van der Waals surface area contributed by atoms with Crippen LogP contribution in [0.4, 0.5) is 0 Å². The zero-order valence-corrected chi connectivity index (χ0v) is 14.6. The maximum atomic E-state index is 5.97. The first-order chi connectivity index (χ1) is 9.74. The van der Waals surface area contributed by atoms with Crippen molar-refractivity contribution in [2.75, 3.05) is 13.2 Å². The van der Waals surface area contributed by atoms with E-state index in [1.807, 2.05) is 11.3 Å². The zero-order valence-electron chi connectivity index (χ0n) is 12.2. The van der Waals surface area contributed by atoms with Gasteiger partial charge in [0.2, 0.25) is 0 Å². The van der Waals surface area contributed by atoms with Gasteiger partial charge in [-0.25, -0.2) is 0 Å². The Bertz CT molecular complexity index is 441. The molecule has 2 fully saturated rings. The van der Waals surface area contributed by atoms with Crippen molar-refractivity contribution >= 4 is 27.3 Å². The number of halogens is 1. The molecule has 1 N–H and O–H groups in total. The molecule has 0 amide bonds. The molecule has 2 aliphatic carbocycles. The lowest BCUT2D eigenvalue weighted by atomic mass is 9.60. The summed E-state index contributed by atoms with van der Waals surface area (Å²) in [4.78, 5) is 1.46. The van der Waals surface area contributed by atoms with Crippen LogP contribution in [-0.4, -0.2) is 25.3 Å². The summed E-state index contributed by atoms with van der Waals surface area (Å²) in [5.74, 6) is 0. The van der Waals surface area contributed by atoms with Crippen LogP contribution in [0.3, 0.4) is 0 Å². The number of hydrogen-bond donors (Lipinski definition) is 1. The fourth-order valence-electron chi connectivity index (χ4n) is 4.03. The molecule has 0 radical (unpaired) electrons. The van der Waals surface area contributed by atoms with Crippen LogP contribution in [0.15, 0.2) is 15.9 Å². The van der Waals surface area contributed by atoms with E-state index < -0.39 is 0 Å². The summed E-state index contributed by atoms with van der Waals surface area (Å²) in [5.41, 5.74) is 0.464. The predicted octanol–water partition coefficient (Wildman–Crippen LogP) is 4.38. The largest absolute Gasteiger partial charge is 0.378 e. The molecule has 2 atom stereocenters. The van der Waals surface area contributed by atoms with Gasteiger partial charge in [0.1, 0.15) is 0 Å². The quantitative estimate of drug-likeness (QED) is 0.815. The molecule has 20 heavy (non-hydrogen) atoms. The Morgan fingerprint density at radius 1 is 1.40 bits per heavy atom. The highest BCUT2D eigenvalue weighted by molar-refractivity contribution is 9.11. The Hall–Kier alpha value is 0.1000. The molecular formula is C16H24BrNOS. The number of rotatable bonds is 6. The highest BCUT2D eigenvalue weighted by Crippen LogP contribution is 2.54. The monoisotopic (exact) mass is 357 g/mol. The van der Waals surface area contributed by atoms with Crippen molar-refractivity contribution in [2.24, 2.45) is 5.41 Å². The van der Waals surface area contributed by atoms with Crippen LogP contribution in [0.2, 0.25) is 0 Å². The zero-order chi connectivity index (χ0) is 14.0. The van der Waals surface area contributed by atoms with Crippen LogP contribution in [0.5, 0.6) is 0 Å². The topological polar surface area (TPSA) is 21.3 Å². The molecule has 0 saturated heterocycles. The molecule has 2 unspecified atom stereocenters. The molecule has 2 saturated carbocycles. The lowest BCUT2D eigenvalue weighted by Gasteiger charge is -2.54. The second kappa shape index (κ2) is 6.47. The lowest BCUT2D eigenvalue weighted by Crippen LogP contribution is -2.62. The molecule has 0 aromatic carbocycles. The number of ether oxygens (including phenoxy) is 1. The van der Waals surface area contributed by atoms with Crippen molar-refractivity contribution in [1.29, 1.82) is 0 Å². The summed E-state index contributed by atoms with van der Waals surface area (Å²) in [6.45, 7) is 4.08. The van der Waals surface area contributed by atoms with Crippen molar-refractivity contribution in [2.45, 2.75) is 57.6 Å². The van der Waals surface area contributed by atoms with Gasteiger partial charge in [0.15, 0.2) is 0 Å². The Kier molecular flexibility index (Phi) is 4.86. The SMILES string of the molecule is CCOC1CC(NCCc2ccc(Br)s2)C12CCCC2. The fourth-order valence-corrected chi connectivity index (χ4v) is 5.51. The molecule has 0 bridgehead atoms. The second-order valence-corrected chi connectivity index (χ2v) is 8.63. The molecule has 4 heteroatoms. The van der Waals surface area contributed by atoms with Crippen LogP contribution in [0.25, 0.3) is 0 Å². The van der Waals surface area contributed by atoms with Gasteiger partial charge in [0, 0.05) is 29.5 Å². The third kappa shape index (κ3) is 2.85. The Labute approximate surface area is 134 Å². The molecule has 1 spiro atoms. The Morgan fingerprint density at radius 2 is 2.20 bits per heavy atom. The summed E-state index contributed by atoms with van der Waals surface area (Å²) in [5, 5.41) is 3.81. The summed E-state index contributed by atoms with van der Waals surface area (Å²) in [6.07, 6.45) is 8.37. The first-order valence-corrected chi connectivity index (χ1v) is 9.45. The van der Waals surface area contributed by atoms with E-state index in [-0.39, 0.29) is 0 Å². The summed E-state index contributed by atoms with van der Waals surface area (Å²) < 4.78 is 7.21. The molecule has 0 aliphatic heterocycles. The minimum Gasteiger partial charge on any atom is -0.378 e. The summed E-state index contributed by atoms with van der Waals surface area (Å²) in [7, 11) is 0. The van der Waals surface area contributed by atoms with E-state index in [9.17, 15) is 0 Å². The maximum absolute atomic E-state index is 5.97. The van der Waals surface area contributed by atoms with Crippen LogP contribution in [-0.2, 0) is 11.2 Å². The number of thiophene rings is 1. The second-order valence-electron chi connectivity index (χ2n) is 6.08. The predicted molar refractivity (Wildman–Crippen MR) is 88.4 cm³/mol. The van der Waals surface area contributed by atoms with Gasteiger partial charge in [-0.05, 0) is 60.7 Å². The van der Waals surface area contributed by atoms with Gasteiger partial charge in [-0.3, -0.25) is 0 Å². The molecule has 3 rings (SSSR count). The highest BCUT2D eigenvalue weighted by atomic mass is 79.9. The average molecular weight is 358 g/mol. The standard InChI is InChI=1S/C16H24BrNOS/c1-2-19-14-11-13(16(14)8-3-4-9-16)18-10-7-12-5-6-15(17)20-12/h5-6,13-14,18H,2-4,7-11H2,1H3. The van der Waals surface area contributed by atoms with Gasteiger partial charge in [0.05, 0.1) is 9.89 Å². The lowest BCUT2D eigenvalue weighted by molar-refractivity contribution is -0.130. The van der Waals surface area contributed by atoms with Crippen molar-refractivity contribution < 1.29 is 4.74 Å². The van der Waals surface area contributed by atoms with E-state index in [4.69, 9.17) is 4.74 Å². The molecule has 112 valence electrons. The Balaban J connectivity index is 1.50.